The lowest BCUT2D eigenvalue weighted by Gasteiger charge is -2.09. The van der Waals surface area contributed by atoms with Crippen LogP contribution in [-0.2, 0) is 6.54 Å². The number of hydrogen-bond acceptors (Lipinski definition) is 4. The summed E-state index contributed by atoms with van der Waals surface area (Å²) in [5.74, 6) is 0.00696. The molecule has 0 saturated carbocycles. The van der Waals surface area contributed by atoms with Crippen LogP contribution in [-0.4, -0.2) is 10.9 Å². The summed E-state index contributed by atoms with van der Waals surface area (Å²) >= 11 is 6.04. The molecular weight excluding hydrogens is 314 g/mol. The second kappa shape index (κ2) is 6.98. The Morgan fingerprint density at radius 2 is 2.00 bits per heavy atom. The lowest BCUT2D eigenvalue weighted by Crippen LogP contribution is -2.10. The van der Waals surface area contributed by atoms with Crippen molar-refractivity contribution in [3.05, 3.63) is 77.5 Å². The number of carbonyl (C=O) groups excluding carboxylic acids is 1. The molecule has 6 heteroatoms. The molecule has 2 aromatic heterocycles. The number of aromatic nitrogens is 1. The van der Waals surface area contributed by atoms with Crippen molar-refractivity contribution >= 4 is 28.9 Å². The number of halogens is 1. The molecule has 0 spiro atoms. The molecule has 0 aliphatic rings. The number of benzene rings is 1. The fourth-order valence-electron chi connectivity index (χ4n) is 2.02. The first-order chi connectivity index (χ1) is 11.2. The second-order valence-electron chi connectivity index (χ2n) is 4.84. The second-order valence-corrected chi connectivity index (χ2v) is 5.24. The Labute approximate surface area is 138 Å². The van der Waals surface area contributed by atoms with Gasteiger partial charge in [0.15, 0.2) is 5.76 Å². The van der Waals surface area contributed by atoms with Gasteiger partial charge in [-0.05, 0) is 35.9 Å². The minimum Gasteiger partial charge on any atom is -0.459 e. The summed E-state index contributed by atoms with van der Waals surface area (Å²) in [6.07, 6.45) is 4.74. The first-order valence-electron chi connectivity index (χ1n) is 6.99. The van der Waals surface area contributed by atoms with Gasteiger partial charge in [-0.25, -0.2) is 0 Å². The summed E-state index contributed by atoms with van der Waals surface area (Å²) in [5.41, 5.74) is 2.60. The zero-order valence-electron chi connectivity index (χ0n) is 12.1. The monoisotopic (exact) mass is 327 g/mol. The first kappa shape index (κ1) is 15.1. The highest BCUT2D eigenvalue weighted by Crippen LogP contribution is 2.20. The van der Waals surface area contributed by atoms with E-state index >= 15 is 0 Å². The summed E-state index contributed by atoms with van der Waals surface area (Å²) in [5, 5.41) is 6.59. The molecule has 23 heavy (non-hydrogen) atoms. The predicted octanol–water partition coefficient (Wildman–Crippen LogP) is 4.19. The molecule has 0 fully saturated rings. The largest absolute Gasteiger partial charge is 0.459 e. The van der Waals surface area contributed by atoms with E-state index in [1.54, 1.807) is 24.5 Å². The summed E-state index contributed by atoms with van der Waals surface area (Å²) in [7, 11) is 0. The molecule has 3 aromatic rings. The summed E-state index contributed by atoms with van der Waals surface area (Å²) < 4.78 is 5.05. The number of amides is 1. The highest BCUT2D eigenvalue weighted by atomic mass is 35.5. The topological polar surface area (TPSA) is 67.2 Å². The van der Waals surface area contributed by atoms with E-state index < -0.39 is 0 Å². The maximum atomic E-state index is 11.9. The molecule has 5 nitrogen and oxygen atoms in total. The Morgan fingerprint density at radius 3 is 2.70 bits per heavy atom. The highest BCUT2D eigenvalue weighted by Gasteiger charge is 2.08. The maximum absolute atomic E-state index is 11.9. The van der Waals surface area contributed by atoms with Gasteiger partial charge in [0.05, 0.1) is 17.0 Å². The van der Waals surface area contributed by atoms with Crippen LogP contribution in [0.5, 0.6) is 0 Å². The Kier molecular flexibility index (Phi) is 4.59. The fraction of sp³-hybridized carbons (Fsp3) is 0.0588. The molecule has 0 atom stereocenters. The van der Waals surface area contributed by atoms with Crippen LogP contribution in [0.2, 0.25) is 5.02 Å². The molecule has 0 aliphatic heterocycles. The zero-order chi connectivity index (χ0) is 16.1. The molecule has 0 saturated heterocycles. The van der Waals surface area contributed by atoms with E-state index in [-0.39, 0.29) is 11.7 Å². The van der Waals surface area contributed by atoms with Crippen LogP contribution in [0, 0.1) is 0 Å². The summed E-state index contributed by atoms with van der Waals surface area (Å²) in [4.78, 5) is 15.8. The number of rotatable bonds is 5. The standard InChI is InChI=1S/C17H14ClN3O2/c18-14-11-19-8-7-15(14)20-10-12-3-5-13(6-4-12)21-17(22)16-2-1-9-23-16/h1-9,11H,10H2,(H,19,20)(H,21,22). The number of hydrogen-bond donors (Lipinski definition) is 2. The predicted molar refractivity (Wildman–Crippen MR) is 89.7 cm³/mol. The van der Waals surface area contributed by atoms with Crippen LogP contribution in [0.25, 0.3) is 0 Å². The van der Waals surface area contributed by atoms with Crippen LogP contribution in [0.1, 0.15) is 16.1 Å². The van der Waals surface area contributed by atoms with E-state index in [9.17, 15) is 4.79 Å². The number of nitrogens with zero attached hydrogens (tertiary/aromatic N) is 1. The molecule has 1 amide bonds. The quantitative estimate of drug-likeness (QED) is 0.737. The summed E-state index contributed by atoms with van der Waals surface area (Å²) in [6.45, 7) is 0.621. The normalized spacial score (nSPS) is 10.3. The lowest BCUT2D eigenvalue weighted by atomic mass is 10.2. The van der Waals surface area contributed by atoms with E-state index in [1.807, 2.05) is 30.3 Å². The third-order valence-electron chi connectivity index (χ3n) is 3.21. The molecule has 116 valence electrons. The van der Waals surface area contributed by atoms with Crippen molar-refractivity contribution in [3.8, 4) is 0 Å². The number of pyridine rings is 1. The van der Waals surface area contributed by atoms with Gasteiger partial charge < -0.3 is 15.1 Å². The highest BCUT2D eigenvalue weighted by molar-refractivity contribution is 6.33. The van der Waals surface area contributed by atoms with Crippen molar-refractivity contribution in [1.29, 1.82) is 0 Å². The number of furan rings is 1. The average Bonchev–Trinajstić information content (AvgIpc) is 3.10. The van der Waals surface area contributed by atoms with Crippen molar-refractivity contribution in [2.24, 2.45) is 0 Å². The maximum Gasteiger partial charge on any atom is 0.291 e. The van der Waals surface area contributed by atoms with E-state index in [2.05, 4.69) is 15.6 Å². The molecule has 0 aliphatic carbocycles. The molecule has 2 N–H and O–H groups in total. The Bertz CT molecular complexity index is 786. The van der Waals surface area contributed by atoms with Crippen LogP contribution < -0.4 is 10.6 Å². The van der Waals surface area contributed by atoms with Gasteiger partial charge in [-0.15, -0.1) is 0 Å². The SMILES string of the molecule is O=C(Nc1ccc(CNc2ccncc2Cl)cc1)c1ccco1. The molecule has 0 unspecified atom stereocenters. The van der Waals surface area contributed by atoms with Gasteiger partial charge in [0.2, 0.25) is 0 Å². The lowest BCUT2D eigenvalue weighted by molar-refractivity contribution is 0.0996. The van der Waals surface area contributed by atoms with Crippen molar-refractivity contribution in [2.45, 2.75) is 6.54 Å². The molecule has 3 rings (SSSR count). The molecule has 2 heterocycles. The van der Waals surface area contributed by atoms with Gasteiger partial charge in [-0.3, -0.25) is 9.78 Å². The Hall–Kier alpha value is -2.79. The number of carbonyl (C=O) groups is 1. The van der Waals surface area contributed by atoms with Gasteiger partial charge >= 0.3 is 0 Å². The van der Waals surface area contributed by atoms with E-state index in [0.717, 1.165) is 11.3 Å². The third-order valence-corrected chi connectivity index (χ3v) is 3.51. The number of anilines is 2. The Balaban J connectivity index is 1.59. The Morgan fingerprint density at radius 1 is 1.17 bits per heavy atom. The van der Waals surface area contributed by atoms with Crippen molar-refractivity contribution in [3.63, 3.8) is 0 Å². The van der Waals surface area contributed by atoms with Crippen LogP contribution in [0.15, 0.2) is 65.5 Å². The van der Waals surface area contributed by atoms with Gasteiger partial charge in [0, 0.05) is 24.6 Å². The van der Waals surface area contributed by atoms with Gasteiger partial charge in [0.1, 0.15) is 0 Å². The average molecular weight is 328 g/mol. The third kappa shape index (κ3) is 3.90. The van der Waals surface area contributed by atoms with E-state index in [4.69, 9.17) is 16.0 Å². The minimum atomic E-state index is -0.274. The molecule has 1 aromatic carbocycles. The molecule has 0 bridgehead atoms. The van der Waals surface area contributed by atoms with Crippen LogP contribution in [0.4, 0.5) is 11.4 Å². The minimum absolute atomic E-state index is 0.274. The van der Waals surface area contributed by atoms with E-state index in [1.165, 1.54) is 6.26 Å². The summed E-state index contributed by atoms with van der Waals surface area (Å²) in [6, 6.07) is 12.7. The molecule has 0 radical (unpaired) electrons. The van der Waals surface area contributed by atoms with Crippen LogP contribution >= 0.6 is 11.6 Å². The zero-order valence-corrected chi connectivity index (χ0v) is 12.9. The number of nitrogens with one attached hydrogen (secondary N) is 2. The van der Waals surface area contributed by atoms with Gasteiger partial charge in [0.25, 0.3) is 5.91 Å². The first-order valence-corrected chi connectivity index (χ1v) is 7.37. The fourth-order valence-corrected chi connectivity index (χ4v) is 2.21. The van der Waals surface area contributed by atoms with Gasteiger partial charge in [-0.1, -0.05) is 23.7 Å². The smallest absolute Gasteiger partial charge is 0.291 e. The molecular formula is C17H14ClN3O2. The van der Waals surface area contributed by atoms with Gasteiger partial charge in [-0.2, -0.15) is 0 Å². The van der Waals surface area contributed by atoms with Crippen molar-refractivity contribution in [1.82, 2.24) is 4.98 Å². The van der Waals surface area contributed by atoms with Crippen molar-refractivity contribution < 1.29 is 9.21 Å². The van der Waals surface area contributed by atoms with Crippen molar-refractivity contribution in [2.75, 3.05) is 10.6 Å². The van der Waals surface area contributed by atoms with E-state index in [0.29, 0.717) is 17.3 Å². The van der Waals surface area contributed by atoms with Crippen LogP contribution in [0.3, 0.4) is 0 Å².